The first-order valence-corrected chi connectivity index (χ1v) is 9.13. The van der Waals surface area contributed by atoms with Gasteiger partial charge in [-0.3, -0.25) is 0 Å². The Morgan fingerprint density at radius 3 is 2.29 bits per heavy atom. The number of anilines is 1. The summed E-state index contributed by atoms with van der Waals surface area (Å²) in [6.07, 6.45) is 0. The van der Waals surface area contributed by atoms with Crippen LogP contribution < -0.4 is 15.5 Å². The van der Waals surface area contributed by atoms with Gasteiger partial charge in [0, 0.05) is 25.5 Å². The number of hydrogen-bond donors (Lipinski definition) is 2. The van der Waals surface area contributed by atoms with E-state index in [4.69, 9.17) is 4.74 Å². The van der Waals surface area contributed by atoms with E-state index in [1.54, 1.807) is 6.92 Å². The molecule has 28 heavy (non-hydrogen) atoms. The third-order valence-corrected chi connectivity index (χ3v) is 4.72. The number of carbonyl (C=O) groups excluding carboxylic acids is 2. The van der Waals surface area contributed by atoms with Crippen molar-refractivity contribution in [2.24, 2.45) is 0 Å². The number of benzene rings is 2. The number of allylic oxidation sites excluding steroid dienone is 1. The van der Waals surface area contributed by atoms with Crippen LogP contribution in [0.25, 0.3) is 0 Å². The van der Waals surface area contributed by atoms with Crippen LogP contribution in [0.5, 0.6) is 0 Å². The molecule has 6 heteroatoms. The molecule has 2 aromatic carbocycles. The molecule has 0 saturated heterocycles. The zero-order chi connectivity index (χ0) is 20.3. The molecule has 0 radical (unpaired) electrons. The molecule has 2 amide bonds. The lowest BCUT2D eigenvalue weighted by Gasteiger charge is -2.28. The van der Waals surface area contributed by atoms with Crippen LogP contribution in [0.2, 0.25) is 0 Å². The van der Waals surface area contributed by atoms with Crippen molar-refractivity contribution in [3.63, 3.8) is 0 Å². The lowest BCUT2D eigenvalue weighted by atomic mass is 9.95. The van der Waals surface area contributed by atoms with Gasteiger partial charge in [0.05, 0.1) is 11.6 Å². The first kappa shape index (κ1) is 19.5. The average Bonchev–Trinajstić information content (AvgIpc) is 2.66. The van der Waals surface area contributed by atoms with Crippen LogP contribution in [0.3, 0.4) is 0 Å². The van der Waals surface area contributed by atoms with Gasteiger partial charge in [0.2, 0.25) is 0 Å². The van der Waals surface area contributed by atoms with Crippen LogP contribution in [0.15, 0.2) is 59.8 Å². The zero-order valence-electron chi connectivity index (χ0n) is 16.6. The number of nitrogens with one attached hydrogen (secondary N) is 2. The summed E-state index contributed by atoms with van der Waals surface area (Å²) in [4.78, 5) is 26.8. The molecule has 1 heterocycles. The number of rotatable bonds is 5. The summed E-state index contributed by atoms with van der Waals surface area (Å²) in [5.41, 5.74) is 4.82. The second-order valence-electron chi connectivity index (χ2n) is 7.12. The fourth-order valence-corrected chi connectivity index (χ4v) is 3.09. The molecular weight excluding hydrogens is 354 g/mol. The highest BCUT2D eigenvalue weighted by Crippen LogP contribution is 2.29. The number of nitrogens with zero attached hydrogens (tertiary/aromatic N) is 1. The summed E-state index contributed by atoms with van der Waals surface area (Å²) < 4.78 is 5.53. The van der Waals surface area contributed by atoms with E-state index in [-0.39, 0.29) is 12.6 Å². The van der Waals surface area contributed by atoms with Gasteiger partial charge in [-0.05, 0) is 37.1 Å². The molecule has 0 saturated carbocycles. The molecule has 0 aromatic heterocycles. The zero-order valence-corrected chi connectivity index (χ0v) is 16.6. The molecular formula is C22H25N3O3. The summed E-state index contributed by atoms with van der Waals surface area (Å²) in [6, 6.07) is 14.6. The van der Waals surface area contributed by atoms with E-state index in [1.165, 1.54) is 0 Å². The Hall–Kier alpha value is -3.28. The van der Waals surface area contributed by atoms with Crippen LogP contribution in [-0.4, -0.2) is 26.1 Å². The van der Waals surface area contributed by atoms with Crippen molar-refractivity contribution in [1.29, 1.82) is 0 Å². The molecule has 1 atom stereocenters. The average molecular weight is 379 g/mol. The Morgan fingerprint density at radius 1 is 1.04 bits per heavy atom. The molecule has 0 aliphatic carbocycles. The molecule has 3 rings (SSSR count). The van der Waals surface area contributed by atoms with E-state index >= 15 is 0 Å². The Morgan fingerprint density at radius 2 is 1.68 bits per heavy atom. The first-order chi connectivity index (χ1) is 13.3. The van der Waals surface area contributed by atoms with Crippen molar-refractivity contribution < 1.29 is 14.3 Å². The lowest BCUT2D eigenvalue weighted by molar-refractivity contribution is -0.140. The monoisotopic (exact) mass is 379 g/mol. The highest BCUT2D eigenvalue weighted by Gasteiger charge is 2.32. The quantitative estimate of drug-likeness (QED) is 0.781. The Labute approximate surface area is 165 Å². The molecule has 1 aliphatic rings. The second kappa shape index (κ2) is 8.17. The number of esters is 1. The summed E-state index contributed by atoms with van der Waals surface area (Å²) in [5.74, 6) is -0.452. The molecule has 146 valence electrons. The number of hydrogen-bond acceptors (Lipinski definition) is 4. The maximum atomic E-state index is 12.8. The molecule has 2 aromatic rings. The van der Waals surface area contributed by atoms with Gasteiger partial charge in [-0.1, -0.05) is 42.0 Å². The van der Waals surface area contributed by atoms with E-state index in [0.29, 0.717) is 11.3 Å². The summed E-state index contributed by atoms with van der Waals surface area (Å²) in [6.45, 7) is 3.89. The Bertz CT molecular complexity index is 900. The maximum Gasteiger partial charge on any atom is 0.338 e. The van der Waals surface area contributed by atoms with Gasteiger partial charge >= 0.3 is 12.0 Å². The fourth-order valence-electron chi connectivity index (χ4n) is 3.09. The smallest absolute Gasteiger partial charge is 0.338 e. The number of amides is 2. The summed E-state index contributed by atoms with van der Waals surface area (Å²) in [7, 11) is 3.92. The van der Waals surface area contributed by atoms with Crippen molar-refractivity contribution in [2.45, 2.75) is 26.5 Å². The highest BCUT2D eigenvalue weighted by molar-refractivity contribution is 5.95. The van der Waals surface area contributed by atoms with Crippen molar-refractivity contribution in [1.82, 2.24) is 10.6 Å². The van der Waals surface area contributed by atoms with Crippen LogP contribution in [0.1, 0.15) is 29.7 Å². The van der Waals surface area contributed by atoms with E-state index in [1.807, 2.05) is 74.4 Å². The number of ether oxygens (including phenoxy) is 1. The maximum absolute atomic E-state index is 12.8. The molecule has 1 unspecified atom stereocenters. The van der Waals surface area contributed by atoms with Gasteiger partial charge < -0.3 is 20.3 Å². The second-order valence-corrected chi connectivity index (χ2v) is 7.12. The Balaban J connectivity index is 1.82. The third-order valence-electron chi connectivity index (χ3n) is 4.72. The topological polar surface area (TPSA) is 70.7 Å². The first-order valence-electron chi connectivity index (χ1n) is 9.13. The molecule has 0 bridgehead atoms. The number of urea groups is 1. The largest absolute Gasteiger partial charge is 0.457 e. The molecule has 6 nitrogen and oxygen atoms in total. The van der Waals surface area contributed by atoms with Crippen LogP contribution in [0, 0.1) is 6.92 Å². The molecule has 0 spiro atoms. The van der Waals surface area contributed by atoms with Crippen LogP contribution >= 0.6 is 0 Å². The minimum absolute atomic E-state index is 0.177. The van der Waals surface area contributed by atoms with Gasteiger partial charge in [-0.25, -0.2) is 9.59 Å². The third kappa shape index (κ3) is 4.34. The van der Waals surface area contributed by atoms with E-state index in [9.17, 15) is 9.59 Å². The summed E-state index contributed by atoms with van der Waals surface area (Å²) in [5, 5.41) is 5.49. The number of carbonyl (C=O) groups is 2. The highest BCUT2D eigenvalue weighted by atomic mass is 16.5. The predicted octanol–water partition coefficient (Wildman–Crippen LogP) is 3.43. The van der Waals surface area contributed by atoms with E-state index in [0.717, 1.165) is 22.4 Å². The SMILES string of the molecule is CC1=C(C(=O)OCc2ccc(C)cc2)C(c2ccc(N(C)C)cc2)NC(=O)N1. The van der Waals surface area contributed by atoms with Gasteiger partial charge in [0.15, 0.2) is 0 Å². The molecule has 1 aliphatic heterocycles. The summed E-state index contributed by atoms with van der Waals surface area (Å²) >= 11 is 0. The van der Waals surface area contributed by atoms with E-state index in [2.05, 4.69) is 10.6 Å². The van der Waals surface area contributed by atoms with E-state index < -0.39 is 12.0 Å². The van der Waals surface area contributed by atoms with Gasteiger partial charge in [-0.2, -0.15) is 0 Å². The van der Waals surface area contributed by atoms with Crippen LogP contribution in [-0.2, 0) is 16.1 Å². The minimum Gasteiger partial charge on any atom is -0.457 e. The number of aryl methyl sites for hydroxylation is 1. The predicted molar refractivity (Wildman–Crippen MR) is 109 cm³/mol. The van der Waals surface area contributed by atoms with Crippen molar-refractivity contribution >= 4 is 17.7 Å². The fraction of sp³-hybridized carbons (Fsp3) is 0.273. The van der Waals surface area contributed by atoms with Gasteiger partial charge in [0.1, 0.15) is 6.61 Å². The van der Waals surface area contributed by atoms with Gasteiger partial charge in [0.25, 0.3) is 0 Å². The standard InChI is InChI=1S/C22H25N3O3/c1-14-5-7-16(8-6-14)13-28-21(26)19-15(2)23-22(27)24-20(19)17-9-11-18(12-10-17)25(3)4/h5-12,20H,13H2,1-4H3,(H2,23,24,27). The van der Waals surface area contributed by atoms with Crippen molar-refractivity contribution in [3.8, 4) is 0 Å². The van der Waals surface area contributed by atoms with Gasteiger partial charge in [-0.15, -0.1) is 0 Å². The van der Waals surface area contributed by atoms with Crippen LogP contribution in [0.4, 0.5) is 10.5 Å². The minimum atomic E-state index is -0.560. The molecule has 2 N–H and O–H groups in total. The Kier molecular flexibility index (Phi) is 5.68. The normalized spacial score (nSPS) is 16.3. The molecule has 0 fully saturated rings. The van der Waals surface area contributed by atoms with Crippen molar-refractivity contribution in [3.05, 3.63) is 76.5 Å². The lowest BCUT2D eigenvalue weighted by Crippen LogP contribution is -2.45. The van der Waals surface area contributed by atoms with Crippen molar-refractivity contribution in [2.75, 3.05) is 19.0 Å².